The van der Waals surface area contributed by atoms with Gasteiger partial charge in [0, 0.05) is 43.9 Å². The Hall–Kier alpha value is -3.16. The molecule has 2 aliphatic rings. The summed E-state index contributed by atoms with van der Waals surface area (Å²) >= 11 is 5.95. The first-order valence-corrected chi connectivity index (χ1v) is 11.1. The van der Waals surface area contributed by atoms with Crippen molar-refractivity contribution >= 4 is 23.4 Å². The second-order valence-electron chi connectivity index (χ2n) is 8.35. The number of hydrogen-bond acceptors (Lipinski definition) is 5. The first kappa shape index (κ1) is 20.7. The zero-order valence-corrected chi connectivity index (χ0v) is 18.3. The molecule has 0 unspecified atom stereocenters. The van der Waals surface area contributed by atoms with Crippen molar-refractivity contribution in [2.75, 3.05) is 31.5 Å². The van der Waals surface area contributed by atoms with Crippen LogP contribution in [0.15, 0.2) is 67.1 Å². The van der Waals surface area contributed by atoms with Crippen LogP contribution in [0.3, 0.4) is 0 Å². The molecule has 0 radical (unpaired) electrons. The molecule has 8 heteroatoms. The third kappa shape index (κ3) is 4.84. The van der Waals surface area contributed by atoms with Crippen molar-refractivity contribution in [3.8, 4) is 11.5 Å². The Labute approximate surface area is 192 Å². The smallest absolute Gasteiger partial charge is 0.323 e. The lowest BCUT2D eigenvalue weighted by atomic mass is 10.0. The molecule has 0 spiro atoms. The van der Waals surface area contributed by atoms with E-state index in [4.69, 9.17) is 16.3 Å². The van der Waals surface area contributed by atoms with E-state index >= 15 is 0 Å². The van der Waals surface area contributed by atoms with Crippen molar-refractivity contribution < 1.29 is 9.53 Å². The molecule has 5 rings (SSSR count). The Morgan fingerprint density at radius 2 is 1.81 bits per heavy atom. The van der Waals surface area contributed by atoms with E-state index in [1.54, 1.807) is 12.3 Å². The summed E-state index contributed by atoms with van der Waals surface area (Å²) in [5.41, 5.74) is 1.22. The second kappa shape index (κ2) is 9.14. The molecule has 3 aromatic rings. The third-order valence-corrected chi connectivity index (χ3v) is 6.27. The molecule has 7 nitrogen and oxygen atoms in total. The van der Waals surface area contributed by atoms with Gasteiger partial charge < -0.3 is 9.64 Å². The highest BCUT2D eigenvalue weighted by atomic mass is 35.5. The summed E-state index contributed by atoms with van der Waals surface area (Å²) in [6.07, 6.45) is 3.05. The van der Waals surface area contributed by atoms with Crippen LogP contribution in [-0.4, -0.2) is 52.0 Å². The van der Waals surface area contributed by atoms with Crippen molar-refractivity contribution in [3.63, 3.8) is 0 Å². The highest BCUT2D eigenvalue weighted by molar-refractivity contribution is 6.30. The number of anilines is 1. The van der Waals surface area contributed by atoms with E-state index in [-0.39, 0.29) is 6.03 Å². The molecule has 3 heterocycles. The van der Waals surface area contributed by atoms with E-state index in [0.29, 0.717) is 22.7 Å². The van der Waals surface area contributed by atoms with Crippen molar-refractivity contribution in [2.24, 2.45) is 11.8 Å². The number of benzene rings is 2. The lowest BCUT2D eigenvalue weighted by molar-refractivity contribution is 0.211. The summed E-state index contributed by atoms with van der Waals surface area (Å²) in [5, 5.41) is 3.54. The van der Waals surface area contributed by atoms with Gasteiger partial charge in [0.2, 0.25) is 0 Å². The first-order chi connectivity index (χ1) is 15.6. The van der Waals surface area contributed by atoms with Crippen molar-refractivity contribution in [3.05, 3.63) is 77.7 Å². The number of amides is 2. The molecule has 2 aromatic carbocycles. The van der Waals surface area contributed by atoms with Crippen LogP contribution in [0, 0.1) is 11.8 Å². The second-order valence-corrected chi connectivity index (χ2v) is 8.78. The average Bonchev–Trinajstić information content (AvgIpc) is 3.35. The molecular formula is C24H24ClN5O2. The van der Waals surface area contributed by atoms with Crippen LogP contribution in [-0.2, 0) is 6.54 Å². The fraction of sp³-hybridized carbons (Fsp3) is 0.292. The molecule has 0 aliphatic carbocycles. The first-order valence-electron chi connectivity index (χ1n) is 10.7. The van der Waals surface area contributed by atoms with E-state index in [0.717, 1.165) is 44.2 Å². The Morgan fingerprint density at radius 1 is 1.03 bits per heavy atom. The zero-order valence-electron chi connectivity index (χ0n) is 17.5. The Bertz CT molecular complexity index is 1070. The number of carbonyl (C=O) groups excluding carboxylic acids is 1. The number of ether oxygens (including phenoxy) is 1. The lowest BCUT2D eigenvalue weighted by Gasteiger charge is -2.22. The van der Waals surface area contributed by atoms with Crippen molar-refractivity contribution in [1.82, 2.24) is 19.8 Å². The van der Waals surface area contributed by atoms with E-state index in [1.807, 2.05) is 41.3 Å². The summed E-state index contributed by atoms with van der Waals surface area (Å²) in [6, 6.07) is 17.2. The standard InChI is InChI=1S/C24H24ClN5O2/c25-20-4-6-21(7-5-20)32-22-3-1-2-17(10-22)11-29-12-18-14-30(15-19(18)13-29)24(31)28-23-8-9-26-16-27-23/h1-10,16,18-19H,11-15H2,(H,26,27,28,31)/t18-,19+. The van der Waals surface area contributed by atoms with Gasteiger partial charge in [-0.25, -0.2) is 14.8 Å². The largest absolute Gasteiger partial charge is 0.457 e. The Kier molecular flexibility index (Phi) is 5.92. The maximum absolute atomic E-state index is 12.5. The minimum atomic E-state index is -0.0864. The normalized spacial score (nSPS) is 20.2. The van der Waals surface area contributed by atoms with Gasteiger partial charge in [0.15, 0.2) is 0 Å². The number of aromatic nitrogens is 2. The summed E-state index contributed by atoms with van der Waals surface area (Å²) in [6.45, 7) is 4.40. The van der Waals surface area contributed by atoms with Crippen molar-refractivity contribution in [2.45, 2.75) is 6.54 Å². The molecule has 2 amide bonds. The lowest BCUT2D eigenvalue weighted by Crippen LogP contribution is -2.36. The van der Waals surface area contributed by atoms with Gasteiger partial charge in [-0.2, -0.15) is 0 Å². The van der Waals surface area contributed by atoms with Crippen LogP contribution in [0.5, 0.6) is 11.5 Å². The van der Waals surface area contributed by atoms with Crippen LogP contribution >= 0.6 is 11.6 Å². The van der Waals surface area contributed by atoms with Crippen LogP contribution < -0.4 is 10.1 Å². The molecule has 2 saturated heterocycles. The summed E-state index contributed by atoms with van der Waals surface area (Å²) in [5.74, 6) is 3.11. The van der Waals surface area contributed by atoms with Crippen LogP contribution in [0.2, 0.25) is 5.02 Å². The summed E-state index contributed by atoms with van der Waals surface area (Å²) in [4.78, 5) is 24.8. The van der Waals surface area contributed by atoms with Crippen LogP contribution in [0.4, 0.5) is 10.6 Å². The predicted molar refractivity (Wildman–Crippen MR) is 123 cm³/mol. The predicted octanol–water partition coefficient (Wildman–Crippen LogP) is 4.52. The van der Waals surface area contributed by atoms with Gasteiger partial charge in [0.1, 0.15) is 23.6 Å². The number of likely N-dealkylation sites (tertiary alicyclic amines) is 2. The van der Waals surface area contributed by atoms with E-state index in [9.17, 15) is 4.79 Å². The molecule has 1 aromatic heterocycles. The van der Waals surface area contributed by atoms with E-state index < -0.39 is 0 Å². The number of hydrogen-bond donors (Lipinski definition) is 1. The van der Waals surface area contributed by atoms with Gasteiger partial charge in [-0.3, -0.25) is 10.2 Å². The van der Waals surface area contributed by atoms with Crippen molar-refractivity contribution in [1.29, 1.82) is 0 Å². The Balaban J connectivity index is 1.14. The minimum absolute atomic E-state index is 0.0864. The van der Waals surface area contributed by atoms with Gasteiger partial charge in [-0.05, 0) is 59.9 Å². The number of fused-ring (bicyclic) bond motifs is 1. The maximum atomic E-state index is 12.5. The topological polar surface area (TPSA) is 70.6 Å². The molecular weight excluding hydrogens is 426 g/mol. The van der Waals surface area contributed by atoms with Crippen LogP contribution in [0.25, 0.3) is 0 Å². The molecule has 2 aliphatic heterocycles. The monoisotopic (exact) mass is 449 g/mol. The molecule has 2 fully saturated rings. The molecule has 164 valence electrons. The highest BCUT2D eigenvalue weighted by Crippen LogP contribution is 2.33. The van der Waals surface area contributed by atoms with Gasteiger partial charge in [-0.15, -0.1) is 0 Å². The fourth-order valence-corrected chi connectivity index (χ4v) is 4.67. The zero-order chi connectivity index (χ0) is 21.9. The molecule has 2 atom stereocenters. The fourth-order valence-electron chi connectivity index (χ4n) is 4.54. The molecule has 0 bridgehead atoms. The van der Waals surface area contributed by atoms with E-state index in [2.05, 4.69) is 32.3 Å². The number of nitrogens with one attached hydrogen (secondary N) is 1. The number of urea groups is 1. The van der Waals surface area contributed by atoms with Gasteiger partial charge >= 0.3 is 6.03 Å². The quantitative estimate of drug-likeness (QED) is 0.620. The highest BCUT2D eigenvalue weighted by Gasteiger charge is 2.41. The summed E-state index contributed by atoms with van der Waals surface area (Å²) < 4.78 is 5.97. The van der Waals surface area contributed by atoms with E-state index in [1.165, 1.54) is 11.9 Å². The SMILES string of the molecule is O=C(Nc1ccncn1)N1C[C@H]2CN(Cc3cccc(Oc4ccc(Cl)cc4)c3)C[C@H]2C1. The minimum Gasteiger partial charge on any atom is -0.457 e. The third-order valence-electron chi connectivity index (χ3n) is 6.02. The molecule has 0 saturated carbocycles. The molecule has 32 heavy (non-hydrogen) atoms. The van der Waals surface area contributed by atoms with Gasteiger partial charge in [-0.1, -0.05) is 23.7 Å². The maximum Gasteiger partial charge on any atom is 0.323 e. The average molecular weight is 450 g/mol. The molecule has 1 N–H and O–H groups in total. The number of halogens is 1. The number of rotatable bonds is 5. The number of carbonyl (C=O) groups is 1. The van der Waals surface area contributed by atoms with Crippen LogP contribution in [0.1, 0.15) is 5.56 Å². The Morgan fingerprint density at radius 3 is 2.53 bits per heavy atom. The summed E-state index contributed by atoms with van der Waals surface area (Å²) in [7, 11) is 0. The number of nitrogens with zero attached hydrogens (tertiary/aromatic N) is 4. The van der Waals surface area contributed by atoms with Gasteiger partial charge in [0.05, 0.1) is 0 Å². The van der Waals surface area contributed by atoms with Gasteiger partial charge in [0.25, 0.3) is 0 Å².